The molecule has 0 aliphatic heterocycles. The molecule has 124 valence electrons. The first-order chi connectivity index (χ1) is 11.6. The lowest BCUT2D eigenvalue weighted by atomic mass is 10.4. The predicted molar refractivity (Wildman–Crippen MR) is 87.4 cm³/mol. The van der Waals surface area contributed by atoms with E-state index in [4.69, 9.17) is 25.5 Å². The summed E-state index contributed by atoms with van der Waals surface area (Å²) < 4.78 is 15.9. The van der Waals surface area contributed by atoms with Gasteiger partial charge in [0, 0.05) is 5.38 Å². The van der Waals surface area contributed by atoms with Crippen molar-refractivity contribution in [1.29, 1.82) is 0 Å². The van der Waals surface area contributed by atoms with Crippen molar-refractivity contribution in [2.24, 2.45) is 0 Å². The van der Waals surface area contributed by atoms with Gasteiger partial charge in [-0.2, -0.15) is 4.98 Å². The van der Waals surface area contributed by atoms with Gasteiger partial charge < -0.3 is 13.9 Å². The number of aromatic nitrogens is 3. The molecule has 0 aliphatic carbocycles. The number of carbonyl (C=O) groups excluding carboxylic acids is 1. The number of carbonyl (C=O) groups is 1. The highest BCUT2D eigenvalue weighted by Crippen LogP contribution is 2.25. The van der Waals surface area contributed by atoms with Crippen LogP contribution in [0.25, 0.3) is 10.8 Å². The largest absolute Gasteiger partial charge is 0.473 e. The summed E-state index contributed by atoms with van der Waals surface area (Å²) in [7, 11) is 0. The van der Waals surface area contributed by atoms with E-state index < -0.39 is 5.97 Å². The number of esters is 1. The van der Waals surface area contributed by atoms with Crippen molar-refractivity contribution in [2.75, 3.05) is 13.2 Å². The molecule has 0 amide bonds. The molecule has 0 aliphatic rings. The molecule has 0 atom stereocenters. The number of rotatable bonds is 6. The fraction of sp³-hybridized carbons (Fsp3) is 0.200. The monoisotopic (exact) mass is 365 g/mol. The van der Waals surface area contributed by atoms with Crippen molar-refractivity contribution < 1.29 is 18.7 Å². The third kappa shape index (κ3) is 4.09. The normalized spacial score (nSPS) is 10.6. The van der Waals surface area contributed by atoms with Gasteiger partial charge in [0.1, 0.15) is 19.0 Å². The van der Waals surface area contributed by atoms with Gasteiger partial charge in [0.05, 0.1) is 12.4 Å². The molecule has 0 bridgehead atoms. The Kier molecular flexibility index (Phi) is 5.07. The first-order valence-corrected chi connectivity index (χ1v) is 8.17. The quantitative estimate of drug-likeness (QED) is 0.488. The second-order valence-electron chi connectivity index (χ2n) is 4.61. The number of ether oxygens (including phenoxy) is 2. The average molecular weight is 366 g/mol. The predicted octanol–water partition coefficient (Wildman–Crippen LogP) is 3.39. The Balaban J connectivity index is 1.49. The van der Waals surface area contributed by atoms with Crippen LogP contribution in [-0.4, -0.2) is 34.1 Å². The highest BCUT2D eigenvalue weighted by Gasteiger charge is 2.15. The molecule has 0 spiro atoms. The summed E-state index contributed by atoms with van der Waals surface area (Å²) >= 11 is 7.00. The number of halogens is 1. The molecule has 3 aromatic rings. The molecule has 3 heterocycles. The summed E-state index contributed by atoms with van der Waals surface area (Å²) in [5.41, 5.74) is 0.228. The van der Waals surface area contributed by atoms with Crippen molar-refractivity contribution in [3.63, 3.8) is 0 Å². The first kappa shape index (κ1) is 16.4. The van der Waals surface area contributed by atoms with Crippen molar-refractivity contribution >= 4 is 28.9 Å². The van der Waals surface area contributed by atoms with Crippen LogP contribution in [0.1, 0.15) is 16.2 Å². The third-order valence-electron chi connectivity index (χ3n) is 2.81. The van der Waals surface area contributed by atoms with Gasteiger partial charge in [-0.3, -0.25) is 4.98 Å². The van der Waals surface area contributed by atoms with Gasteiger partial charge in [0.2, 0.25) is 5.88 Å². The van der Waals surface area contributed by atoms with Crippen LogP contribution in [0.4, 0.5) is 0 Å². The molecule has 0 radical (unpaired) electrons. The van der Waals surface area contributed by atoms with E-state index in [2.05, 4.69) is 15.0 Å². The van der Waals surface area contributed by atoms with E-state index in [1.54, 1.807) is 5.38 Å². The zero-order valence-corrected chi connectivity index (χ0v) is 14.1. The number of thiazole rings is 1. The van der Waals surface area contributed by atoms with Crippen molar-refractivity contribution in [1.82, 2.24) is 15.0 Å². The van der Waals surface area contributed by atoms with Crippen molar-refractivity contribution in [3.05, 3.63) is 46.5 Å². The molecule has 0 saturated heterocycles. The maximum absolute atomic E-state index is 11.9. The molecule has 0 aromatic carbocycles. The lowest BCUT2D eigenvalue weighted by Gasteiger charge is -2.05. The molecule has 0 N–H and O–H groups in total. The minimum Gasteiger partial charge on any atom is -0.473 e. The van der Waals surface area contributed by atoms with Crippen LogP contribution in [0.5, 0.6) is 5.88 Å². The van der Waals surface area contributed by atoms with E-state index >= 15 is 0 Å². The Morgan fingerprint density at radius 3 is 2.92 bits per heavy atom. The molecule has 0 saturated carbocycles. The zero-order chi connectivity index (χ0) is 16.9. The summed E-state index contributed by atoms with van der Waals surface area (Å²) in [4.78, 5) is 23.9. The second kappa shape index (κ2) is 7.41. The molecule has 0 unspecified atom stereocenters. The fourth-order valence-electron chi connectivity index (χ4n) is 1.78. The van der Waals surface area contributed by atoms with Gasteiger partial charge in [0.15, 0.2) is 21.6 Å². The van der Waals surface area contributed by atoms with Crippen LogP contribution in [0.3, 0.4) is 0 Å². The number of nitrogens with zero attached hydrogens (tertiary/aromatic N) is 3. The van der Waals surface area contributed by atoms with Crippen molar-refractivity contribution in [2.45, 2.75) is 6.92 Å². The molecule has 7 nitrogen and oxygen atoms in total. The Hall–Kier alpha value is -2.45. The standard InChI is InChI=1S/C15H12ClN3O4S/c1-9-2-3-11(23-9)14-18-10(8-24-14)15(20)22-5-4-21-13-7-17-6-12(16)19-13/h2-3,6-8H,4-5H2,1H3. The van der Waals surface area contributed by atoms with Gasteiger partial charge in [-0.25, -0.2) is 9.78 Å². The SMILES string of the molecule is Cc1ccc(-c2nc(C(=O)OCCOc3cncc(Cl)n3)cs2)o1. The van der Waals surface area contributed by atoms with E-state index in [9.17, 15) is 4.79 Å². The summed E-state index contributed by atoms with van der Waals surface area (Å²) in [5.74, 6) is 1.15. The molecular formula is C15H12ClN3O4S. The van der Waals surface area contributed by atoms with Crippen LogP contribution < -0.4 is 4.74 Å². The lowest BCUT2D eigenvalue weighted by Crippen LogP contribution is -2.13. The van der Waals surface area contributed by atoms with E-state index in [1.165, 1.54) is 23.7 Å². The van der Waals surface area contributed by atoms with Gasteiger partial charge in [-0.05, 0) is 19.1 Å². The Bertz CT molecular complexity index is 849. The Morgan fingerprint density at radius 1 is 1.29 bits per heavy atom. The molecule has 9 heteroatoms. The highest BCUT2D eigenvalue weighted by molar-refractivity contribution is 7.13. The fourth-order valence-corrected chi connectivity index (χ4v) is 2.67. The lowest BCUT2D eigenvalue weighted by molar-refractivity contribution is 0.0442. The van der Waals surface area contributed by atoms with Crippen LogP contribution >= 0.6 is 22.9 Å². The topological polar surface area (TPSA) is 87.3 Å². The summed E-state index contributed by atoms with van der Waals surface area (Å²) in [6, 6.07) is 3.65. The van der Waals surface area contributed by atoms with E-state index in [1.807, 2.05) is 19.1 Å². The van der Waals surface area contributed by atoms with Gasteiger partial charge in [-0.1, -0.05) is 11.6 Å². The smallest absolute Gasteiger partial charge is 0.357 e. The zero-order valence-electron chi connectivity index (χ0n) is 12.6. The first-order valence-electron chi connectivity index (χ1n) is 6.91. The summed E-state index contributed by atoms with van der Waals surface area (Å²) in [6.45, 7) is 2.03. The Morgan fingerprint density at radius 2 is 2.17 bits per heavy atom. The van der Waals surface area contributed by atoms with Crippen LogP contribution in [-0.2, 0) is 4.74 Å². The number of hydrogen-bond acceptors (Lipinski definition) is 8. The summed E-state index contributed by atoms with van der Waals surface area (Å²) in [6.07, 6.45) is 2.82. The van der Waals surface area contributed by atoms with E-state index in [0.29, 0.717) is 10.8 Å². The van der Waals surface area contributed by atoms with E-state index in [-0.39, 0.29) is 29.9 Å². The average Bonchev–Trinajstić information content (AvgIpc) is 3.20. The number of furan rings is 1. The Labute approximate surface area is 146 Å². The molecule has 24 heavy (non-hydrogen) atoms. The summed E-state index contributed by atoms with van der Waals surface area (Å²) in [5, 5.41) is 2.48. The third-order valence-corrected chi connectivity index (χ3v) is 3.85. The maximum atomic E-state index is 11.9. The number of aryl methyl sites for hydroxylation is 1. The molecule has 3 aromatic heterocycles. The van der Waals surface area contributed by atoms with Gasteiger partial charge in [-0.15, -0.1) is 11.3 Å². The molecular weight excluding hydrogens is 354 g/mol. The second-order valence-corrected chi connectivity index (χ2v) is 5.86. The van der Waals surface area contributed by atoms with Crippen LogP contribution in [0.2, 0.25) is 5.15 Å². The van der Waals surface area contributed by atoms with Crippen molar-refractivity contribution in [3.8, 4) is 16.6 Å². The minimum atomic E-state index is -0.526. The van der Waals surface area contributed by atoms with E-state index in [0.717, 1.165) is 5.76 Å². The maximum Gasteiger partial charge on any atom is 0.357 e. The van der Waals surface area contributed by atoms with Crippen LogP contribution in [0.15, 0.2) is 34.3 Å². The van der Waals surface area contributed by atoms with Crippen LogP contribution in [0, 0.1) is 6.92 Å². The van der Waals surface area contributed by atoms with Gasteiger partial charge in [0.25, 0.3) is 0 Å². The molecule has 3 rings (SSSR count). The molecule has 0 fully saturated rings. The minimum absolute atomic E-state index is 0.0553. The highest BCUT2D eigenvalue weighted by atomic mass is 35.5. The van der Waals surface area contributed by atoms with Gasteiger partial charge >= 0.3 is 5.97 Å². The number of hydrogen-bond donors (Lipinski definition) is 0.